The Morgan fingerprint density at radius 2 is 2.33 bits per heavy atom. The lowest BCUT2D eigenvalue weighted by molar-refractivity contribution is 0.102. The van der Waals surface area contributed by atoms with Crippen molar-refractivity contribution < 1.29 is 9.32 Å². The first-order valence-electron chi connectivity index (χ1n) is 5.88. The molecule has 1 aliphatic rings. The zero-order valence-electron chi connectivity index (χ0n) is 9.77. The zero-order valence-corrected chi connectivity index (χ0v) is 9.77. The fourth-order valence-corrected chi connectivity index (χ4v) is 2.21. The van der Waals surface area contributed by atoms with Crippen LogP contribution >= 0.6 is 0 Å². The van der Waals surface area contributed by atoms with E-state index in [1.807, 2.05) is 18.2 Å². The second kappa shape index (κ2) is 4.62. The van der Waals surface area contributed by atoms with E-state index in [4.69, 9.17) is 0 Å². The highest BCUT2D eigenvalue weighted by Gasteiger charge is 2.17. The van der Waals surface area contributed by atoms with Crippen LogP contribution in [0.2, 0.25) is 0 Å². The molecule has 0 saturated carbocycles. The summed E-state index contributed by atoms with van der Waals surface area (Å²) in [5, 5.41) is 9.69. The van der Waals surface area contributed by atoms with Gasteiger partial charge in [-0.15, -0.1) is 0 Å². The highest BCUT2D eigenvalue weighted by molar-refractivity contribution is 6.05. The number of anilines is 1. The molecule has 0 unspecified atom stereocenters. The molecule has 0 aliphatic carbocycles. The third-order valence-electron chi connectivity index (χ3n) is 3.06. The van der Waals surface area contributed by atoms with Gasteiger partial charge in [0.25, 0.3) is 5.91 Å². The molecule has 0 spiro atoms. The summed E-state index contributed by atoms with van der Waals surface area (Å²) in [6, 6.07) is 7.42. The molecule has 0 saturated heterocycles. The van der Waals surface area contributed by atoms with E-state index in [-0.39, 0.29) is 5.91 Å². The summed E-state index contributed by atoms with van der Waals surface area (Å²) in [6.07, 6.45) is 2.30. The number of nitrogens with zero attached hydrogens (tertiary/aromatic N) is 1. The van der Waals surface area contributed by atoms with Gasteiger partial charge in [0.05, 0.1) is 0 Å². The van der Waals surface area contributed by atoms with Gasteiger partial charge in [0.2, 0.25) is 0 Å². The average Bonchev–Trinajstić information content (AvgIpc) is 2.91. The van der Waals surface area contributed by atoms with E-state index in [2.05, 4.69) is 20.3 Å². The van der Waals surface area contributed by atoms with E-state index >= 15 is 0 Å². The molecule has 2 N–H and O–H groups in total. The molecule has 5 nitrogen and oxygen atoms in total. The quantitative estimate of drug-likeness (QED) is 0.840. The van der Waals surface area contributed by atoms with E-state index in [0.717, 1.165) is 30.6 Å². The number of rotatable bonds is 2. The summed E-state index contributed by atoms with van der Waals surface area (Å²) in [5.74, 6) is 0.300. The van der Waals surface area contributed by atoms with Crippen LogP contribution in [0.4, 0.5) is 5.82 Å². The number of hydrogen-bond acceptors (Lipinski definition) is 4. The molecule has 1 aliphatic heterocycles. The molecule has 1 amide bonds. The van der Waals surface area contributed by atoms with E-state index < -0.39 is 0 Å². The molecule has 0 fully saturated rings. The van der Waals surface area contributed by atoms with Crippen LogP contribution in [0.1, 0.15) is 21.5 Å². The van der Waals surface area contributed by atoms with Gasteiger partial charge in [0, 0.05) is 18.2 Å². The van der Waals surface area contributed by atoms with Crippen molar-refractivity contribution in [2.45, 2.75) is 13.0 Å². The maximum atomic E-state index is 12.2. The van der Waals surface area contributed by atoms with Crippen LogP contribution in [-0.4, -0.2) is 17.6 Å². The molecule has 18 heavy (non-hydrogen) atoms. The summed E-state index contributed by atoms with van der Waals surface area (Å²) in [5.41, 5.74) is 3.03. The van der Waals surface area contributed by atoms with Gasteiger partial charge in [-0.1, -0.05) is 17.3 Å². The van der Waals surface area contributed by atoms with Crippen LogP contribution in [0.25, 0.3) is 0 Å². The van der Waals surface area contributed by atoms with Gasteiger partial charge in [-0.25, -0.2) is 0 Å². The molecule has 5 heteroatoms. The Kier molecular flexibility index (Phi) is 2.82. The minimum atomic E-state index is -0.136. The summed E-state index contributed by atoms with van der Waals surface area (Å²) in [6.45, 7) is 1.72. The average molecular weight is 243 g/mol. The van der Waals surface area contributed by atoms with Gasteiger partial charge < -0.3 is 15.2 Å². The van der Waals surface area contributed by atoms with Crippen molar-refractivity contribution in [2.75, 3.05) is 11.9 Å². The Morgan fingerprint density at radius 3 is 3.17 bits per heavy atom. The number of hydrogen-bond donors (Lipinski definition) is 2. The van der Waals surface area contributed by atoms with Crippen molar-refractivity contribution in [2.24, 2.45) is 0 Å². The van der Waals surface area contributed by atoms with Gasteiger partial charge in [0.15, 0.2) is 5.82 Å². The largest absolute Gasteiger partial charge is 0.363 e. The molecule has 2 aromatic rings. The molecule has 0 atom stereocenters. The summed E-state index contributed by atoms with van der Waals surface area (Å²) >= 11 is 0. The Morgan fingerprint density at radius 1 is 1.39 bits per heavy atom. The van der Waals surface area contributed by atoms with Crippen molar-refractivity contribution in [1.29, 1.82) is 0 Å². The zero-order chi connectivity index (χ0) is 12.4. The van der Waals surface area contributed by atoms with Crippen LogP contribution in [0.3, 0.4) is 0 Å². The molecular formula is C13H13N3O2. The Balaban J connectivity index is 1.89. The molecule has 1 aromatic carbocycles. The number of benzene rings is 1. The van der Waals surface area contributed by atoms with Crippen molar-refractivity contribution >= 4 is 11.7 Å². The lowest BCUT2D eigenvalue weighted by Gasteiger charge is -2.19. The van der Waals surface area contributed by atoms with Crippen molar-refractivity contribution in [3.63, 3.8) is 0 Å². The third-order valence-corrected chi connectivity index (χ3v) is 3.06. The maximum absolute atomic E-state index is 12.2. The van der Waals surface area contributed by atoms with E-state index in [0.29, 0.717) is 5.82 Å². The third kappa shape index (κ3) is 2.00. The SMILES string of the molecule is O=C(Nc1ccon1)c1cccc2c1CCNC2. The molecule has 2 heterocycles. The fourth-order valence-electron chi connectivity index (χ4n) is 2.21. The van der Waals surface area contributed by atoms with Gasteiger partial charge in [-0.2, -0.15) is 0 Å². The van der Waals surface area contributed by atoms with Gasteiger partial charge in [0.1, 0.15) is 6.26 Å². The summed E-state index contributed by atoms with van der Waals surface area (Å²) < 4.78 is 4.69. The minimum absolute atomic E-state index is 0.136. The van der Waals surface area contributed by atoms with Crippen molar-refractivity contribution in [3.05, 3.63) is 47.2 Å². The van der Waals surface area contributed by atoms with Crippen molar-refractivity contribution in [1.82, 2.24) is 10.5 Å². The number of aromatic nitrogens is 1. The number of carbonyl (C=O) groups excluding carboxylic acids is 1. The number of amides is 1. The number of fused-ring (bicyclic) bond motifs is 1. The van der Waals surface area contributed by atoms with Crippen LogP contribution < -0.4 is 10.6 Å². The predicted molar refractivity (Wildman–Crippen MR) is 66.3 cm³/mol. The number of nitrogens with one attached hydrogen (secondary N) is 2. The summed E-state index contributed by atoms with van der Waals surface area (Å²) in [4.78, 5) is 12.2. The lowest BCUT2D eigenvalue weighted by atomic mass is 9.95. The van der Waals surface area contributed by atoms with Gasteiger partial charge in [-0.05, 0) is 30.2 Å². The van der Waals surface area contributed by atoms with Crippen LogP contribution in [0.15, 0.2) is 35.1 Å². The Bertz CT molecular complexity index is 564. The molecule has 1 aromatic heterocycles. The lowest BCUT2D eigenvalue weighted by Crippen LogP contribution is -2.26. The Labute approximate surface area is 104 Å². The van der Waals surface area contributed by atoms with E-state index in [1.54, 1.807) is 6.07 Å². The first-order valence-corrected chi connectivity index (χ1v) is 5.88. The minimum Gasteiger partial charge on any atom is -0.363 e. The molecule has 92 valence electrons. The standard InChI is InChI=1S/C13H13N3O2/c17-13(15-12-5-7-18-16-12)11-3-1-2-9-8-14-6-4-10(9)11/h1-3,5,7,14H,4,6,8H2,(H,15,16,17). The predicted octanol–water partition coefficient (Wildman–Crippen LogP) is 1.57. The highest BCUT2D eigenvalue weighted by Crippen LogP contribution is 2.19. The van der Waals surface area contributed by atoms with Crippen molar-refractivity contribution in [3.8, 4) is 0 Å². The number of carbonyl (C=O) groups is 1. The topological polar surface area (TPSA) is 67.2 Å². The fraction of sp³-hybridized carbons (Fsp3) is 0.231. The van der Waals surface area contributed by atoms with E-state index in [1.165, 1.54) is 11.8 Å². The highest BCUT2D eigenvalue weighted by atomic mass is 16.5. The summed E-state index contributed by atoms with van der Waals surface area (Å²) in [7, 11) is 0. The first kappa shape index (κ1) is 11.0. The van der Waals surface area contributed by atoms with Crippen LogP contribution in [0.5, 0.6) is 0 Å². The van der Waals surface area contributed by atoms with Gasteiger partial charge >= 0.3 is 0 Å². The maximum Gasteiger partial charge on any atom is 0.257 e. The molecular weight excluding hydrogens is 230 g/mol. The molecule has 3 rings (SSSR count). The first-order chi connectivity index (χ1) is 8.84. The van der Waals surface area contributed by atoms with Crippen LogP contribution in [0, 0.1) is 0 Å². The second-order valence-electron chi connectivity index (χ2n) is 4.21. The second-order valence-corrected chi connectivity index (χ2v) is 4.21. The van der Waals surface area contributed by atoms with Crippen LogP contribution in [-0.2, 0) is 13.0 Å². The van der Waals surface area contributed by atoms with Gasteiger partial charge in [-0.3, -0.25) is 4.79 Å². The smallest absolute Gasteiger partial charge is 0.257 e. The Hall–Kier alpha value is -2.14. The molecule has 0 radical (unpaired) electrons. The molecule has 0 bridgehead atoms. The normalized spacial score (nSPS) is 14.0. The van der Waals surface area contributed by atoms with E-state index in [9.17, 15) is 4.79 Å². The monoisotopic (exact) mass is 243 g/mol.